The molecule has 0 saturated carbocycles. The van der Waals surface area contributed by atoms with Crippen molar-refractivity contribution in [3.63, 3.8) is 0 Å². The molecule has 0 aliphatic heterocycles. The smallest absolute Gasteiger partial charge is 0.404 e. The van der Waals surface area contributed by atoms with Crippen LogP contribution < -0.4 is 5.32 Å². The number of carboxylic acid groups (broad SMARTS) is 1. The van der Waals surface area contributed by atoms with E-state index < -0.39 is 17.6 Å². The number of halogens is 2. The Morgan fingerprint density at radius 1 is 1.28 bits per heavy atom. The van der Waals surface area contributed by atoms with Crippen LogP contribution in [0.3, 0.4) is 0 Å². The van der Waals surface area contributed by atoms with E-state index in [-0.39, 0.29) is 12.1 Å². The van der Waals surface area contributed by atoms with Gasteiger partial charge in [-0.1, -0.05) is 24.3 Å². The van der Waals surface area contributed by atoms with E-state index in [0.29, 0.717) is 5.56 Å². The van der Waals surface area contributed by atoms with Crippen LogP contribution in [0.1, 0.15) is 25.0 Å². The molecule has 100 valence electrons. The van der Waals surface area contributed by atoms with E-state index >= 15 is 0 Å². The molecule has 0 heterocycles. The molecule has 18 heavy (non-hydrogen) atoms. The lowest BCUT2D eigenvalue weighted by molar-refractivity contribution is -0.168. The summed E-state index contributed by atoms with van der Waals surface area (Å²) in [4.78, 5) is 10.3. The summed E-state index contributed by atoms with van der Waals surface area (Å²) in [5.41, 5.74) is -1.91. The molecule has 0 unspecified atom stereocenters. The highest BCUT2D eigenvalue weighted by atomic mass is 19.3. The average molecular weight is 259 g/mol. The standard InChI is InChI=1S/C12H15F2NO3/c1-11(2,18)12(13,14)9-5-3-8(4-6-9)7-15-10(16)17/h3-6,15,18H,7H2,1-2H3,(H,16,17). The summed E-state index contributed by atoms with van der Waals surface area (Å²) >= 11 is 0. The summed E-state index contributed by atoms with van der Waals surface area (Å²) in [6.07, 6.45) is -1.18. The van der Waals surface area contributed by atoms with Gasteiger partial charge >= 0.3 is 12.0 Å². The fourth-order valence-electron chi connectivity index (χ4n) is 1.36. The second-order valence-corrected chi connectivity index (χ2v) is 4.49. The van der Waals surface area contributed by atoms with Gasteiger partial charge in [0.05, 0.1) is 0 Å². The van der Waals surface area contributed by atoms with Gasteiger partial charge in [0, 0.05) is 12.1 Å². The molecule has 0 bridgehead atoms. The fourth-order valence-corrected chi connectivity index (χ4v) is 1.36. The van der Waals surface area contributed by atoms with Crippen molar-refractivity contribution in [1.29, 1.82) is 0 Å². The minimum atomic E-state index is -3.37. The van der Waals surface area contributed by atoms with Gasteiger partial charge in [-0.2, -0.15) is 8.78 Å². The van der Waals surface area contributed by atoms with Gasteiger partial charge in [0.2, 0.25) is 0 Å². The van der Waals surface area contributed by atoms with Crippen LogP contribution in [0.5, 0.6) is 0 Å². The topological polar surface area (TPSA) is 69.6 Å². The Morgan fingerprint density at radius 2 is 1.78 bits per heavy atom. The maximum atomic E-state index is 13.7. The van der Waals surface area contributed by atoms with E-state index in [0.717, 1.165) is 13.8 Å². The van der Waals surface area contributed by atoms with Gasteiger partial charge < -0.3 is 15.5 Å². The van der Waals surface area contributed by atoms with Crippen LogP contribution in [0.4, 0.5) is 13.6 Å². The Bertz CT molecular complexity index is 424. The minimum absolute atomic E-state index is 0.0453. The van der Waals surface area contributed by atoms with Gasteiger partial charge in [0.1, 0.15) is 5.60 Å². The van der Waals surface area contributed by atoms with Gasteiger partial charge in [-0.05, 0) is 19.4 Å². The first-order chi connectivity index (χ1) is 8.14. The molecule has 3 N–H and O–H groups in total. The summed E-state index contributed by atoms with van der Waals surface area (Å²) in [6.45, 7) is 2.11. The van der Waals surface area contributed by atoms with E-state index in [1.54, 1.807) is 0 Å². The van der Waals surface area contributed by atoms with Gasteiger partial charge in [-0.15, -0.1) is 0 Å². The molecule has 4 nitrogen and oxygen atoms in total. The second-order valence-electron chi connectivity index (χ2n) is 4.49. The molecule has 0 aliphatic carbocycles. The first kappa shape index (κ1) is 14.4. The third-order valence-corrected chi connectivity index (χ3v) is 2.53. The molecule has 0 aliphatic rings. The summed E-state index contributed by atoms with van der Waals surface area (Å²) < 4.78 is 27.5. The zero-order chi connectivity index (χ0) is 14.0. The van der Waals surface area contributed by atoms with Crippen LogP contribution in [-0.4, -0.2) is 21.9 Å². The summed E-state index contributed by atoms with van der Waals surface area (Å²) in [6, 6.07) is 5.14. The van der Waals surface area contributed by atoms with Crippen LogP contribution in [0, 0.1) is 0 Å². The van der Waals surface area contributed by atoms with E-state index in [4.69, 9.17) is 5.11 Å². The van der Waals surface area contributed by atoms with E-state index in [9.17, 15) is 18.7 Å². The molecular weight excluding hydrogens is 244 g/mol. The quantitative estimate of drug-likeness (QED) is 0.777. The number of benzene rings is 1. The Kier molecular flexibility index (Phi) is 3.91. The number of amides is 1. The second kappa shape index (κ2) is 4.89. The Labute approximate surface area is 103 Å². The van der Waals surface area contributed by atoms with Crippen molar-refractivity contribution in [2.75, 3.05) is 0 Å². The lowest BCUT2D eigenvalue weighted by Gasteiger charge is -2.29. The molecule has 0 spiro atoms. The Balaban J connectivity index is 2.86. The third kappa shape index (κ3) is 3.16. The van der Waals surface area contributed by atoms with Crippen molar-refractivity contribution in [3.8, 4) is 0 Å². The van der Waals surface area contributed by atoms with Gasteiger partial charge in [0.15, 0.2) is 0 Å². The zero-order valence-corrected chi connectivity index (χ0v) is 10.1. The van der Waals surface area contributed by atoms with Gasteiger partial charge in [-0.25, -0.2) is 4.79 Å². The summed E-state index contributed by atoms with van der Waals surface area (Å²) in [5, 5.41) is 19.9. The maximum Gasteiger partial charge on any atom is 0.404 e. The highest BCUT2D eigenvalue weighted by Crippen LogP contribution is 2.38. The average Bonchev–Trinajstić information content (AvgIpc) is 2.25. The molecule has 1 amide bonds. The molecule has 0 atom stereocenters. The Hall–Kier alpha value is -1.69. The molecule has 1 aromatic carbocycles. The Morgan fingerprint density at radius 3 is 2.17 bits per heavy atom. The molecular formula is C12H15F2NO3. The third-order valence-electron chi connectivity index (χ3n) is 2.53. The number of alkyl halides is 2. The van der Waals surface area contributed by atoms with E-state index in [2.05, 4.69) is 5.32 Å². The first-order valence-corrected chi connectivity index (χ1v) is 5.31. The normalized spacial score (nSPS) is 12.3. The highest BCUT2D eigenvalue weighted by Gasteiger charge is 2.46. The number of rotatable bonds is 4. The zero-order valence-electron chi connectivity index (χ0n) is 10.1. The van der Waals surface area contributed by atoms with Crippen molar-refractivity contribution < 1.29 is 23.8 Å². The van der Waals surface area contributed by atoms with Crippen LogP contribution in [0.2, 0.25) is 0 Å². The van der Waals surface area contributed by atoms with Crippen molar-refractivity contribution >= 4 is 6.09 Å². The number of hydrogen-bond acceptors (Lipinski definition) is 2. The van der Waals surface area contributed by atoms with E-state index in [1.807, 2.05) is 0 Å². The molecule has 0 fully saturated rings. The van der Waals surface area contributed by atoms with E-state index in [1.165, 1.54) is 24.3 Å². The maximum absolute atomic E-state index is 13.7. The van der Waals surface area contributed by atoms with Crippen LogP contribution >= 0.6 is 0 Å². The predicted molar refractivity (Wildman–Crippen MR) is 61.5 cm³/mol. The van der Waals surface area contributed by atoms with Gasteiger partial charge in [-0.3, -0.25) is 0 Å². The lowest BCUT2D eigenvalue weighted by Crippen LogP contribution is -2.40. The lowest BCUT2D eigenvalue weighted by atomic mass is 9.93. The van der Waals surface area contributed by atoms with Gasteiger partial charge in [0.25, 0.3) is 0 Å². The van der Waals surface area contributed by atoms with Crippen molar-refractivity contribution in [2.24, 2.45) is 0 Å². The largest absolute Gasteiger partial charge is 0.465 e. The minimum Gasteiger partial charge on any atom is -0.465 e. The molecule has 0 radical (unpaired) electrons. The van der Waals surface area contributed by atoms with Crippen molar-refractivity contribution in [2.45, 2.75) is 31.9 Å². The summed E-state index contributed by atoms with van der Waals surface area (Å²) in [7, 11) is 0. The number of carbonyl (C=O) groups is 1. The van der Waals surface area contributed by atoms with Crippen LogP contribution in [-0.2, 0) is 12.5 Å². The number of hydrogen-bond donors (Lipinski definition) is 3. The van der Waals surface area contributed by atoms with Crippen LogP contribution in [0.25, 0.3) is 0 Å². The first-order valence-electron chi connectivity index (χ1n) is 5.31. The van der Waals surface area contributed by atoms with Crippen molar-refractivity contribution in [1.82, 2.24) is 5.32 Å². The fraction of sp³-hybridized carbons (Fsp3) is 0.417. The molecule has 1 aromatic rings. The SMILES string of the molecule is CC(C)(O)C(F)(F)c1ccc(CNC(=O)O)cc1. The molecule has 6 heteroatoms. The number of aliphatic hydroxyl groups is 1. The monoisotopic (exact) mass is 259 g/mol. The highest BCUT2D eigenvalue weighted by molar-refractivity contribution is 5.64. The predicted octanol–water partition coefficient (Wildman–Crippen LogP) is 2.32. The summed E-state index contributed by atoms with van der Waals surface area (Å²) in [5.74, 6) is -3.37. The van der Waals surface area contributed by atoms with Crippen LogP contribution in [0.15, 0.2) is 24.3 Å². The molecule has 1 rings (SSSR count). The van der Waals surface area contributed by atoms with Crippen molar-refractivity contribution in [3.05, 3.63) is 35.4 Å². The molecule has 0 saturated heterocycles. The number of nitrogens with one attached hydrogen (secondary N) is 1. The molecule has 0 aromatic heterocycles.